The average molecular weight is 577 g/mol. The lowest BCUT2D eigenvalue weighted by molar-refractivity contribution is -0.150. The van der Waals surface area contributed by atoms with Gasteiger partial charge in [0, 0.05) is 6.42 Å². The number of unbranched alkanes of at least 4 members (excludes halogenated alkanes) is 25. The van der Waals surface area contributed by atoms with Gasteiger partial charge in [-0.3, -0.25) is 4.79 Å². The molecule has 0 saturated heterocycles. The molecule has 0 amide bonds. The fourth-order valence-corrected chi connectivity index (χ4v) is 5.91. The normalized spacial score (nSPS) is 12.4. The molecular formula is C39H76O2. The van der Waals surface area contributed by atoms with Gasteiger partial charge in [-0.05, 0) is 51.4 Å². The first-order valence-electron chi connectivity index (χ1n) is 19.1. The Morgan fingerprint density at radius 2 is 0.805 bits per heavy atom. The van der Waals surface area contributed by atoms with E-state index in [0.29, 0.717) is 6.42 Å². The van der Waals surface area contributed by atoms with Crippen molar-refractivity contribution in [1.82, 2.24) is 0 Å². The molecule has 0 aromatic rings. The topological polar surface area (TPSA) is 26.3 Å². The highest BCUT2D eigenvalue weighted by atomic mass is 16.5. The highest BCUT2D eigenvalue weighted by Crippen LogP contribution is 2.17. The van der Waals surface area contributed by atoms with Crippen LogP contribution in [0.4, 0.5) is 0 Å². The Labute approximate surface area is 259 Å². The Morgan fingerprint density at radius 1 is 0.439 bits per heavy atom. The third-order valence-corrected chi connectivity index (χ3v) is 8.68. The van der Waals surface area contributed by atoms with Crippen molar-refractivity contribution in [3.8, 4) is 0 Å². The molecule has 0 aromatic carbocycles. The smallest absolute Gasteiger partial charge is 0.306 e. The second-order valence-corrected chi connectivity index (χ2v) is 13.0. The molecule has 0 aromatic heterocycles. The number of hydrogen-bond acceptors (Lipinski definition) is 2. The number of esters is 1. The lowest BCUT2D eigenvalue weighted by Crippen LogP contribution is -2.18. The monoisotopic (exact) mass is 577 g/mol. The van der Waals surface area contributed by atoms with Crippen LogP contribution in [-0.4, -0.2) is 12.1 Å². The third kappa shape index (κ3) is 33.6. The van der Waals surface area contributed by atoms with Crippen LogP contribution in [0.15, 0.2) is 12.2 Å². The van der Waals surface area contributed by atoms with Crippen LogP contribution in [-0.2, 0) is 9.53 Å². The molecule has 41 heavy (non-hydrogen) atoms. The number of carbonyl (C=O) groups is 1. The predicted octanol–water partition coefficient (Wildman–Crippen LogP) is 14.0. The number of hydrogen-bond donors (Lipinski definition) is 0. The van der Waals surface area contributed by atoms with Crippen LogP contribution in [0.1, 0.15) is 226 Å². The van der Waals surface area contributed by atoms with E-state index in [1.54, 1.807) is 0 Å². The van der Waals surface area contributed by atoms with E-state index in [1.807, 2.05) is 0 Å². The first-order valence-corrected chi connectivity index (χ1v) is 19.1. The molecule has 0 saturated carbocycles. The summed E-state index contributed by atoms with van der Waals surface area (Å²) < 4.78 is 5.88. The summed E-state index contributed by atoms with van der Waals surface area (Å²) in [6, 6.07) is 0. The standard InChI is InChI=1S/C39H76O2/c1-4-7-9-11-13-15-17-19-21-23-25-27-29-31-33-36-38(35-6-3)41-39(40)37-34-32-30-28-26-24-22-20-18-16-14-12-10-8-5-2/h20,22,38H,4-19,21,23-37H2,1-3H3/b22-20-. The number of carbonyl (C=O) groups excluding carboxylic acids is 1. The zero-order valence-electron chi connectivity index (χ0n) is 28.7. The summed E-state index contributed by atoms with van der Waals surface area (Å²) in [6.45, 7) is 6.78. The quantitative estimate of drug-likeness (QED) is 0.0432. The molecule has 0 rings (SSSR count). The maximum Gasteiger partial charge on any atom is 0.306 e. The number of ether oxygens (including phenoxy) is 1. The Morgan fingerprint density at radius 3 is 1.22 bits per heavy atom. The van der Waals surface area contributed by atoms with E-state index in [4.69, 9.17) is 4.74 Å². The summed E-state index contributed by atoms with van der Waals surface area (Å²) >= 11 is 0. The van der Waals surface area contributed by atoms with Crippen LogP contribution < -0.4 is 0 Å². The summed E-state index contributed by atoms with van der Waals surface area (Å²) in [5, 5.41) is 0. The summed E-state index contributed by atoms with van der Waals surface area (Å²) in [5.74, 6) is 0.0436. The van der Waals surface area contributed by atoms with Gasteiger partial charge in [-0.15, -0.1) is 0 Å². The van der Waals surface area contributed by atoms with E-state index in [0.717, 1.165) is 32.1 Å². The van der Waals surface area contributed by atoms with Gasteiger partial charge in [-0.25, -0.2) is 0 Å². The van der Waals surface area contributed by atoms with Gasteiger partial charge < -0.3 is 4.74 Å². The average Bonchev–Trinajstić information content (AvgIpc) is 2.97. The molecule has 0 N–H and O–H groups in total. The molecule has 2 nitrogen and oxygen atoms in total. The van der Waals surface area contributed by atoms with Crippen molar-refractivity contribution < 1.29 is 9.53 Å². The van der Waals surface area contributed by atoms with Gasteiger partial charge in [0.25, 0.3) is 0 Å². The van der Waals surface area contributed by atoms with Gasteiger partial charge in [-0.1, -0.05) is 181 Å². The van der Waals surface area contributed by atoms with Gasteiger partial charge in [0.05, 0.1) is 0 Å². The van der Waals surface area contributed by atoms with Crippen molar-refractivity contribution in [2.24, 2.45) is 0 Å². The molecule has 0 aliphatic carbocycles. The Balaban J connectivity index is 3.54. The number of allylic oxidation sites excluding steroid dienone is 2. The Hall–Kier alpha value is -0.790. The highest BCUT2D eigenvalue weighted by molar-refractivity contribution is 5.69. The summed E-state index contributed by atoms with van der Waals surface area (Å²) in [5.41, 5.74) is 0. The molecule has 0 heterocycles. The zero-order chi connectivity index (χ0) is 29.9. The van der Waals surface area contributed by atoms with Crippen molar-refractivity contribution >= 4 is 5.97 Å². The maximum absolute atomic E-state index is 12.4. The van der Waals surface area contributed by atoms with Crippen molar-refractivity contribution in [2.45, 2.75) is 232 Å². The first kappa shape index (κ1) is 40.2. The zero-order valence-corrected chi connectivity index (χ0v) is 28.7. The van der Waals surface area contributed by atoms with Gasteiger partial charge in [0.15, 0.2) is 0 Å². The van der Waals surface area contributed by atoms with Crippen LogP contribution in [0.3, 0.4) is 0 Å². The minimum Gasteiger partial charge on any atom is -0.462 e. The Kier molecular flexibility index (Phi) is 34.7. The van der Waals surface area contributed by atoms with Gasteiger partial charge >= 0.3 is 5.97 Å². The van der Waals surface area contributed by atoms with Crippen molar-refractivity contribution in [1.29, 1.82) is 0 Å². The summed E-state index contributed by atoms with van der Waals surface area (Å²) in [4.78, 5) is 12.4. The lowest BCUT2D eigenvalue weighted by atomic mass is 10.0. The molecule has 1 unspecified atom stereocenters. The highest BCUT2D eigenvalue weighted by Gasteiger charge is 2.13. The molecule has 0 radical (unpaired) electrons. The largest absolute Gasteiger partial charge is 0.462 e. The van der Waals surface area contributed by atoms with E-state index in [9.17, 15) is 4.79 Å². The van der Waals surface area contributed by atoms with Crippen molar-refractivity contribution in [2.75, 3.05) is 0 Å². The fourth-order valence-electron chi connectivity index (χ4n) is 5.91. The van der Waals surface area contributed by atoms with Crippen molar-refractivity contribution in [3.63, 3.8) is 0 Å². The predicted molar refractivity (Wildman–Crippen MR) is 184 cm³/mol. The van der Waals surface area contributed by atoms with Gasteiger partial charge in [0.2, 0.25) is 0 Å². The van der Waals surface area contributed by atoms with Gasteiger partial charge in [0.1, 0.15) is 6.10 Å². The Bertz CT molecular complexity index is 526. The van der Waals surface area contributed by atoms with Gasteiger partial charge in [-0.2, -0.15) is 0 Å². The van der Waals surface area contributed by atoms with E-state index < -0.39 is 0 Å². The molecule has 244 valence electrons. The van der Waals surface area contributed by atoms with Crippen LogP contribution in [0.5, 0.6) is 0 Å². The van der Waals surface area contributed by atoms with E-state index in [1.165, 1.54) is 167 Å². The molecule has 0 aliphatic heterocycles. The molecule has 1 atom stereocenters. The maximum atomic E-state index is 12.4. The van der Waals surface area contributed by atoms with E-state index in [-0.39, 0.29) is 12.1 Å². The minimum atomic E-state index is 0.0436. The second-order valence-electron chi connectivity index (χ2n) is 13.0. The molecular weight excluding hydrogens is 500 g/mol. The van der Waals surface area contributed by atoms with E-state index in [2.05, 4.69) is 32.9 Å². The first-order chi connectivity index (χ1) is 20.2. The molecule has 2 heteroatoms. The SMILES string of the molecule is CCCCCCCC/C=C\CCCCCCCC(=O)OC(CCC)CCCCCCCCCCCCCCCCC. The van der Waals surface area contributed by atoms with Crippen LogP contribution in [0.2, 0.25) is 0 Å². The van der Waals surface area contributed by atoms with Crippen LogP contribution >= 0.6 is 0 Å². The van der Waals surface area contributed by atoms with E-state index >= 15 is 0 Å². The molecule has 0 aliphatic rings. The third-order valence-electron chi connectivity index (χ3n) is 8.68. The molecule has 0 bridgehead atoms. The van der Waals surface area contributed by atoms with Crippen LogP contribution in [0, 0.1) is 0 Å². The fraction of sp³-hybridized carbons (Fsp3) is 0.923. The molecule has 0 spiro atoms. The minimum absolute atomic E-state index is 0.0436. The summed E-state index contributed by atoms with van der Waals surface area (Å²) in [7, 11) is 0. The lowest BCUT2D eigenvalue weighted by Gasteiger charge is -2.17. The van der Waals surface area contributed by atoms with Crippen molar-refractivity contribution in [3.05, 3.63) is 12.2 Å². The molecule has 0 fully saturated rings. The van der Waals surface area contributed by atoms with Crippen LogP contribution in [0.25, 0.3) is 0 Å². The second kappa shape index (κ2) is 35.4. The summed E-state index contributed by atoms with van der Waals surface area (Å²) in [6.07, 6.45) is 46.4. The number of rotatable bonds is 34.